The van der Waals surface area contributed by atoms with Gasteiger partial charge >= 0.3 is 17.8 Å². The highest BCUT2D eigenvalue weighted by atomic mass is 32.2. The maximum Gasteiger partial charge on any atom is 0.322 e. The summed E-state index contributed by atoms with van der Waals surface area (Å²) in [6, 6.07) is 5.84. The fourth-order valence-corrected chi connectivity index (χ4v) is 2.75. The van der Waals surface area contributed by atoms with Crippen LogP contribution in [0.25, 0.3) is 0 Å². The van der Waals surface area contributed by atoms with Crippen LogP contribution in [0.3, 0.4) is 0 Å². The van der Waals surface area contributed by atoms with Crippen molar-refractivity contribution in [3.63, 3.8) is 0 Å². The predicted molar refractivity (Wildman–Crippen MR) is 85.6 cm³/mol. The Balaban J connectivity index is 2.42. The number of carboxylic acids is 1. The molecule has 0 aromatic heterocycles. The van der Waals surface area contributed by atoms with Gasteiger partial charge in [-0.3, -0.25) is 14.4 Å². The predicted octanol–water partition coefficient (Wildman–Crippen LogP) is 0.561. The molecule has 3 N–H and O–H groups in total. The lowest BCUT2D eigenvalue weighted by molar-refractivity contribution is -0.138. The summed E-state index contributed by atoms with van der Waals surface area (Å²) in [5.41, 5.74) is 0.862. The van der Waals surface area contributed by atoms with E-state index in [9.17, 15) is 22.8 Å². The molecule has 0 heterocycles. The van der Waals surface area contributed by atoms with Gasteiger partial charge in [0.25, 0.3) is 10.0 Å². The number of nitrogens with one attached hydrogen (secondary N) is 2. The number of carboxylic acid groups (broad SMARTS) is 1. The maximum atomic E-state index is 12.0. The first-order valence-corrected chi connectivity index (χ1v) is 8.84. The fraction of sp³-hybridized carbons (Fsp3) is 0.400. The van der Waals surface area contributed by atoms with Gasteiger partial charge in [-0.05, 0) is 31.9 Å². The highest BCUT2D eigenvalue weighted by Gasteiger charge is 2.22. The first-order chi connectivity index (χ1) is 11.2. The van der Waals surface area contributed by atoms with Gasteiger partial charge in [0.15, 0.2) is 0 Å². The molecule has 1 rings (SSSR count). The molecule has 0 radical (unpaired) electrons. The Morgan fingerprint density at radius 1 is 1.00 bits per heavy atom. The van der Waals surface area contributed by atoms with Gasteiger partial charge in [-0.2, -0.15) is 0 Å². The number of carbonyl (C=O) groups excluding carboxylic acids is 2. The molecule has 0 atom stereocenters. The Labute approximate surface area is 140 Å². The average molecular weight is 356 g/mol. The van der Waals surface area contributed by atoms with Crippen molar-refractivity contribution in [2.45, 2.75) is 37.5 Å². The highest BCUT2D eigenvalue weighted by Crippen LogP contribution is 2.09. The number of unbranched alkanes of at least 4 members (excludes halogenated alkanes) is 2. The van der Waals surface area contributed by atoms with E-state index in [1.807, 2.05) is 0 Å². The van der Waals surface area contributed by atoms with Crippen molar-refractivity contribution in [3.8, 4) is 0 Å². The Bertz CT molecular complexity index is 697. The van der Waals surface area contributed by atoms with Crippen LogP contribution in [0.15, 0.2) is 29.2 Å². The SMILES string of the molecule is Cc1ccc(S(=O)(=O)NC(=O)C(=O)NCCCCCC(=O)O)cc1. The van der Waals surface area contributed by atoms with Crippen LogP contribution in [0.4, 0.5) is 0 Å². The summed E-state index contributed by atoms with van der Waals surface area (Å²) in [7, 11) is -4.10. The minimum Gasteiger partial charge on any atom is -0.481 e. The van der Waals surface area contributed by atoms with E-state index in [2.05, 4.69) is 5.32 Å². The van der Waals surface area contributed by atoms with Gasteiger partial charge in [0.05, 0.1) is 4.90 Å². The molecule has 0 aliphatic heterocycles. The van der Waals surface area contributed by atoms with Crippen LogP contribution in [-0.4, -0.2) is 37.9 Å². The lowest BCUT2D eigenvalue weighted by Gasteiger charge is -2.08. The fourth-order valence-electron chi connectivity index (χ4n) is 1.80. The highest BCUT2D eigenvalue weighted by molar-refractivity contribution is 7.90. The lowest BCUT2D eigenvalue weighted by Crippen LogP contribution is -2.42. The Kier molecular flexibility index (Phi) is 7.37. The van der Waals surface area contributed by atoms with Crippen molar-refractivity contribution >= 4 is 27.8 Å². The van der Waals surface area contributed by atoms with Gasteiger partial charge in [0.1, 0.15) is 0 Å². The van der Waals surface area contributed by atoms with E-state index in [1.165, 1.54) is 12.1 Å². The molecule has 0 fully saturated rings. The van der Waals surface area contributed by atoms with E-state index in [0.717, 1.165) is 5.56 Å². The van der Waals surface area contributed by atoms with E-state index in [1.54, 1.807) is 23.8 Å². The van der Waals surface area contributed by atoms with E-state index in [0.29, 0.717) is 19.3 Å². The molecule has 132 valence electrons. The van der Waals surface area contributed by atoms with Gasteiger partial charge in [-0.25, -0.2) is 13.1 Å². The second-order valence-corrected chi connectivity index (χ2v) is 6.89. The summed E-state index contributed by atoms with van der Waals surface area (Å²) >= 11 is 0. The minimum atomic E-state index is -4.10. The molecule has 0 unspecified atom stereocenters. The standard InChI is InChI=1S/C15H20N2O6S/c1-11-6-8-12(9-7-11)24(22,23)17-15(21)14(20)16-10-4-2-3-5-13(18)19/h6-9H,2-5,10H2,1H3,(H,16,20)(H,17,21)(H,18,19). The first-order valence-electron chi connectivity index (χ1n) is 7.36. The average Bonchev–Trinajstić information content (AvgIpc) is 2.50. The third-order valence-corrected chi connectivity index (χ3v) is 4.46. The summed E-state index contributed by atoms with van der Waals surface area (Å²) in [5, 5.41) is 10.8. The number of hydrogen-bond donors (Lipinski definition) is 3. The number of hydrogen-bond acceptors (Lipinski definition) is 5. The van der Waals surface area contributed by atoms with Gasteiger partial charge in [0, 0.05) is 13.0 Å². The summed E-state index contributed by atoms with van der Waals surface area (Å²) in [4.78, 5) is 33.4. The van der Waals surface area contributed by atoms with Crippen LogP contribution in [0, 0.1) is 6.92 Å². The molecule has 1 aromatic carbocycles. The maximum absolute atomic E-state index is 12.0. The normalized spacial score (nSPS) is 10.9. The van der Waals surface area contributed by atoms with Gasteiger partial charge in [-0.15, -0.1) is 0 Å². The lowest BCUT2D eigenvalue weighted by atomic mass is 10.2. The summed E-state index contributed by atoms with van der Waals surface area (Å²) in [5.74, 6) is -3.20. The third-order valence-electron chi connectivity index (χ3n) is 3.12. The monoisotopic (exact) mass is 356 g/mol. The second kappa shape index (κ2) is 9.02. The Morgan fingerprint density at radius 2 is 1.62 bits per heavy atom. The zero-order chi connectivity index (χ0) is 18.2. The van der Waals surface area contributed by atoms with Crippen molar-refractivity contribution in [1.29, 1.82) is 0 Å². The zero-order valence-electron chi connectivity index (χ0n) is 13.2. The molecule has 8 nitrogen and oxygen atoms in total. The van der Waals surface area contributed by atoms with Crippen LogP contribution in [0.5, 0.6) is 0 Å². The first kappa shape index (κ1) is 19.6. The van der Waals surface area contributed by atoms with Crippen molar-refractivity contribution < 1.29 is 27.9 Å². The second-order valence-electron chi connectivity index (χ2n) is 5.21. The number of amides is 2. The van der Waals surface area contributed by atoms with E-state index in [4.69, 9.17) is 5.11 Å². The molecule has 1 aromatic rings. The molecule has 2 amide bonds. The molecule has 0 bridgehead atoms. The topological polar surface area (TPSA) is 130 Å². The molecule has 24 heavy (non-hydrogen) atoms. The Morgan fingerprint density at radius 3 is 2.21 bits per heavy atom. The minimum absolute atomic E-state index is 0.0449. The van der Waals surface area contributed by atoms with Gasteiger partial charge < -0.3 is 10.4 Å². The number of aryl methyl sites for hydroxylation is 1. The molecular weight excluding hydrogens is 336 g/mol. The van der Waals surface area contributed by atoms with Crippen LogP contribution in [-0.2, 0) is 24.4 Å². The van der Waals surface area contributed by atoms with Crippen LogP contribution in [0.2, 0.25) is 0 Å². The van der Waals surface area contributed by atoms with Crippen molar-refractivity contribution in [1.82, 2.24) is 10.0 Å². The van der Waals surface area contributed by atoms with Crippen LogP contribution >= 0.6 is 0 Å². The molecule has 0 saturated carbocycles. The number of carbonyl (C=O) groups is 3. The molecule has 0 spiro atoms. The third kappa shape index (κ3) is 6.78. The van der Waals surface area contributed by atoms with E-state index >= 15 is 0 Å². The van der Waals surface area contributed by atoms with Gasteiger partial charge in [-0.1, -0.05) is 24.1 Å². The smallest absolute Gasteiger partial charge is 0.322 e. The number of aliphatic carboxylic acids is 1. The van der Waals surface area contributed by atoms with Crippen molar-refractivity contribution in [3.05, 3.63) is 29.8 Å². The number of sulfonamides is 1. The number of rotatable bonds is 8. The molecule has 0 aliphatic carbocycles. The summed E-state index contributed by atoms with van der Waals surface area (Å²) in [6.45, 7) is 1.95. The van der Waals surface area contributed by atoms with E-state index in [-0.39, 0.29) is 17.9 Å². The quantitative estimate of drug-likeness (QED) is 0.461. The van der Waals surface area contributed by atoms with Gasteiger partial charge in [0.2, 0.25) is 0 Å². The van der Waals surface area contributed by atoms with Crippen LogP contribution in [0.1, 0.15) is 31.2 Å². The molecule has 9 heteroatoms. The number of benzene rings is 1. The van der Waals surface area contributed by atoms with Crippen LogP contribution < -0.4 is 10.0 Å². The summed E-state index contributed by atoms with van der Waals surface area (Å²) < 4.78 is 25.6. The molecular formula is C15H20N2O6S. The largest absolute Gasteiger partial charge is 0.481 e. The van der Waals surface area contributed by atoms with Crippen molar-refractivity contribution in [2.75, 3.05) is 6.54 Å². The van der Waals surface area contributed by atoms with Crippen molar-refractivity contribution in [2.24, 2.45) is 0 Å². The summed E-state index contributed by atoms with van der Waals surface area (Å²) in [6.07, 6.45) is 1.59. The zero-order valence-corrected chi connectivity index (χ0v) is 14.1. The molecule has 0 aliphatic rings. The Hall–Kier alpha value is -2.42. The molecule has 0 saturated heterocycles. The van der Waals surface area contributed by atoms with E-state index < -0.39 is 27.8 Å².